The van der Waals surface area contributed by atoms with Crippen LogP contribution in [0.4, 0.5) is 0 Å². The van der Waals surface area contributed by atoms with Gasteiger partial charge in [0, 0.05) is 19.3 Å². The molecule has 0 aromatic rings. The highest BCUT2D eigenvalue weighted by molar-refractivity contribution is 5.71. The number of rotatable bonds is 69. The monoisotopic (exact) mass is 1140 g/mol. The summed E-state index contributed by atoms with van der Waals surface area (Å²) in [5.74, 6) is -0.831. The lowest BCUT2D eigenvalue weighted by Gasteiger charge is -2.18. The summed E-state index contributed by atoms with van der Waals surface area (Å²) in [4.78, 5) is 38.5. The molecule has 0 saturated heterocycles. The first-order chi connectivity index (χ1) is 40.0. The molecule has 1 unspecified atom stereocenters. The molecule has 0 aromatic heterocycles. The van der Waals surface area contributed by atoms with E-state index in [4.69, 9.17) is 14.2 Å². The SMILES string of the molecule is CCCCCCCCCC/C=C\CCCCCCCCCCCCCCCC(=O)OCC(COC(=O)CCCCCCCCCCCCCCC)OC(=O)CCCCCCCCCCCCCCC/C=C\CCCCCCCCCC. The second-order valence-corrected chi connectivity index (χ2v) is 25.2. The Bertz CT molecular complexity index is 1310. The van der Waals surface area contributed by atoms with Crippen LogP contribution in [-0.2, 0) is 28.6 Å². The van der Waals surface area contributed by atoms with Crippen molar-refractivity contribution in [1.29, 1.82) is 0 Å². The zero-order chi connectivity index (χ0) is 58.5. The molecule has 0 saturated carbocycles. The smallest absolute Gasteiger partial charge is 0.306 e. The van der Waals surface area contributed by atoms with E-state index in [1.807, 2.05) is 0 Å². The Kier molecular flexibility index (Phi) is 68.5. The van der Waals surface area contributed by atoms with Crippen LogP contribution in [0, 0.1) is 0 Å². The minimum atomic E-state index is -0.769. The third-order valence-electron chi connectivity index (χ3n) is 16.9. The predicted molar refractivity (Wildman–Crippen MR) is 353 cm³/mol. The van der Waals surface area contributed by atoms with Gasteiger partial charge in [-0.1, -0.05) is 353 Å². The molecule has 0 fully saturated rings. The zero-order valence-electron chi connectivity index (χ0n) is 55.1. The van der Waals surface area contributed by atoms with Gasteiger partial charge < -0.3 is 14.2 Å². The fourth-order valence-electron chi connectivity index (χ4n) is 11.4. The molecule has 0 N–H and O–H groups in total. The molecule has 6 heteroatoms. The number of allylic oxidation sites excluding steroid dienone is 4. The summed E-state index contributed by atoms with van der Waals surface area (Å²) in [5, 5.41) is 0. The van der Waals surface area contributed by atoms with Crippen LogP contribution in [0.1, 0.15) is 419 Å². The average Bonchev–Trinajstić information content (AvgIpc) is 3.46. The van der Waals surface area contributed by atoms with Crippen molar-refractivity contribution in [3.63, 3.8) is 0 Å². The first kappa shape index (κ1) is 78.9. The Balaban J connectivity index is 4.21. The number of hydrogen-bond acceptors (Lipinski definition) is 6. The van der Waals surface area contributed by atoms with Crippen molar-refractivity contribution < 1.29 is 28.6 Å². The fraction of sp³-hybridized carbons (Fsp3) is 0.907. The van der Waals surface area contributed by atoms with Crippen molar-refractivity contribution in [2.24, 2.45) is 0 Å². The summed E-state index contributed by atoms with van der Waals surface area (Å²) in [6.07, 6.45) is 86.5. The Labute approximate surface area is 506 Å². The molecule has 81 heavy (non-hydrogen) atoms. The van der Waals surface area contributed by atoms with Gasteiger partial charge in [0.05, 0.1) is 0 Å². The Morgan fingerprint density at radius 2 is 0.407 bits per heavy atom. The van der Waals surface area contributed by atoms with Crippen molar-refractivity contribution >= 4 is 17.9 Å². The molecular weight excluding hydrogens is 997 g/mol. The van der Waals surface area contributed by atoms with Crippen molar-refractivity contribution in [3.05, 3.63) is 24.3 Å². The van der Waals surface area contributed by atoms with Crippen LogP contribution in [0.15, 0.2) is 24.3 Å². The summed E-state index contributed by atoms with van der Waals surface area (Å²) in [5.41, 5.74) is 0. The number of carbonyl (C=O) groups excluding carboxylic acids is 3. The molecule has 0 rings (SSSR count). The number of esters is 3. The van der Waals surface area contributed by atoms with Gasteiger partial charge in [0.25, 0.3) is 0 Å². The maximum absolute atomic E-state index is 13.0. The van der Waals surface area contributed by atoms with Gasteiger partial charge in [-0.3, -0.25) is 14.4 Å². The van der Waals surface area contributed by atoms with Gasteiger partial charge in [0.2, 0.25) is 0 Å². The molecule has 0 aliphatic heterocycles. The molecule has 478 valence electrons. The summed E-state index contributed by atoms with van der Waals surface area (Å²) in [7, 11) is 0. The molecule has 0 amide bonds. The number of unbranched alkanes of at least 4 members (excludes halogenated alkanes) is 54. The number of hydrogen-bond donors (Lipinski definition) is 0. The van der Waals surface area contributed by atoms with Gasteiger partial charge in [0.15, 0.2) is 6.10 Å². The van der Waals surface area contributed by atoms with Gasteiger partial charge in [0.1, 0.15) is 13.2 Å². The van der Waals surface area contributed by atoms with E-state index in [1.165, 1.54) is 321 Å². The third-order valence-corrected chi connectivity index (χ3v) is 16.9. The zero-order valence-corrected chi connectivity index (χ0v) is 55.1. The van der Waals surface area contributed by atoms with E-state index in [1.54, 1.807) is 0 Å². The molecule has 0 aromatic carbocycles. The number of carbonyl (C=O) groups is 3. The van der Waals surface area contributed by atoms with Crippen LogP contribution in [0.2, 0.25) is 0 Å². The van der Waals surface area contributed by atoms with Crippen molar-refractivity contribution in [2.45, 2.75) is 425 Å². The van der Waals surface area contributed by atoms with Crippen LogP contribution in [0.5, 0.6) is 0 Å². The summed E-state index contributed by atoms with van der Waals surface area (Å²) >= 11 is 0. The molecule has 0 radical (unpaired) electrons. The first-order valence-corrected chi connectivity index (χ1v) is 36.8. The van der Waals surface area contributed by atoms with Crippen LogP contribution in [-0.4, -0.2) is 37.2 Å². The van der Waals surface area contributed by atoms with Gasteiger partial charge in [-0.15, -0.1) is 0 Å². The molecule has 0 spiro atoms. The minimum absolute atomic E-state index is 0.0648. The highest BCUT2D eigenvalue weighted by Crippen LogP contribution is 2.19. The molecule has 0 aliphatic carbocycles. The fourth-order valence-corrected chi connectivity index (χ4v) is 11.4. The lowest BCUT2D eigenvalue weighted by atomic mass is 10.0. The second-order valence-electron chi connectivity index (χ2n) is 25.2. The second kappa shape index (κ2) is 70.4. The highest BCUT2D eigenvalue weighted by Gasteiger charge is 2.20. The molecule has 0 heterocycles. The normalized spacial score (nSPS) is 12.1. The Hall–Kier alpha value is -2.11. The maximum atomic E-state index is 13.0. The molecule has 1 atom stereocenters. The van der Waals surface area contributed by atoms with Crippen LogP contribution >= 0.6 is 0 Å². The van der Waals surface area contributed by atoms with E-state index in [9.17, 15) is 14.4 Å². The van der Waals surface area contributed by atoms with E-state index in [0.29, 0.717) is 19.3 Å². The summed E-state index contributed by atoms with van der Waals surface area (Å²) in [6.45, 7) is 6.72. The molecule has 0 aliphatic rings. The quantitative estimate of drug-likeness (QED) is 0.0261. The third kappa shape index (κ3) is 68.6. The highest BCUT2D eigenvalue weighted by atomic mass is 16.6. The van der Waals surface area contributed by atoms with Crippen LogP contribution in [0.25, 0.3) is 0 Å². The number of ether oxygens (including phenoxy) is 3. The largest absolute Gasteiger partial charge is 0.462 e. The summed E-state index contributed by atoms with van der Waals surface area (Å²) < 4.78 is 17.0. The van der Waals surface area contributed by atoms with Gasteiger partial charge in [-0.2, -0.15) is 0 Å². The average molecular weight is 1140 g/mol. The standard InChI is InChI=1S/C75H142O6/c1-4-7-10-13-16-19-22-25-27-29-31-33-35-37-39-41-43-45-47-50-53-56-59-62-65-68-74(77)80-71-72(70-79-73(76)67-64-61-58-55-52-49-24-21-18-15-12-9-6-3)81-75(78)69-66-63-60-57-54-51-48-46-44-42-40-38-36-34-32-30-28-26-23-20-17-14-11-8-5-2/h29-32,72H,4-28,33-71H2,1-3H3/b31-29-,32-30-. The molecular formula is C75H142O6. The van der Waals surface area contributed by atoms with Gasteiger partial charge >= 0.3 is 17.9 Å². The summed E-state index contributed by atoms with van der Waals surface area (Å²) in [6, 6.07) is 0. The Morgan fingerprint density at radius 1 is 0.235 bits per heavy atom. The van der Waals surface area contributed by atoms with E-state index >= 15 is 0 Å². The molecule has 6 nitrogen and oxygen atoms in total. The van der Waals surface area contributed by atoms with E-state index in [0.717, 1.165) is 57.8 Å². The van der Waals surface area contributed by atoms with E-state index in [2.05, 4.69) is 45.1 Å². The van der Waals surface area contributed by atoms with Crippen molar-refractivity contribution in [2.75, 3.05) is 13.2 Å². The van der Waals surface area contributed by atoms with E-state index < -0.39 is 6.10 Å². The van der Waals surface area contributed by atoms with Crippen LogP contribution < -0.4 is 0 Å². The van der Waals surface area contributed by atoms with Crippen molar-refractivity contribution in [3.8, 4) is 0 Å². The predicted octanol–water partition coefficient (Wildman–Crippen LogP) is 25.3. The molecule has 0 bridgehead atoms. The van der Waals surface area contributed by atoms with E-state index in [-0.39, 0.29) is 31.1 Å². The topological polar surface area (TPSA) is 78.9 Å². The first-order valence-electron chi connectivity index (χ1n) is 36.8. The van der Waals surface area contributed by atoms with Gasteiger partial charge in [-0.05, 0) is 70.6 Å². The Morgan fingerprint density at radius 3 is 0.617 bits per heavy atom. The maximum Gasteiger partial charge on any atom is 0.306 e. The van der Waals surface area contributed by atoms with Crippen LogP contribution in [0.3, 0.4) is 0 Å². The van der Waals surface area contributed by atoms with Gasteiger partial charge in [-0.25, -0.2) is 0 Å². The van der Waals surface area contributed by atoms with Crippen molar-refractivity contribution in [1.82, 2.24) is 0 Å². The lowest BCUT2D eigenvalue weighted by molar-refractivity contribution is -0.167. The lowest BCUT2D eigenvalue weighted by Crippen LogP contribution is -2.30. The minimum Gasteiger partial charge on any atom is -0.462 e.